The molecule has 2 rings (SSSR count). The van der Waals surface area contributed by atoms with Gasteiger partial charge >= 0.3 is 0 Å². The molecule has 19 heavy (non-hydrogen) atoms. The van der Waals surface area contributed by atoms with Crippen LogP contribution in [-0.4, -0.2) is 4.98 Å². The van der Waals surface area contributed by atoms with Gasteiger partial charge < -0.3 is 10.5 Å². The summed E-state index contributed by atoms with van der Waals surface area (Å²) in [5.74, 6) is -2.14. The standard InChI is InChI=1S/C13H11BrF2N2O/c14-8-4-11(15)13(16)12(5-8)19-7-10-3-1-2-9(6-17)18-10/h1-5H,6-7,17H2. The lowest BCUT2D eigenvalue weighted by Crippen LogP contribution is -2.05. The van der Waals surface area contributed by atoms with Crippen molar-refractivity contribution in [3.8, 4) is 5.75 Å². The van der Waals surface area contributed by atoms with Gasteiger partial charge in [-0.25, -0.2) is 4.39 Å². The number of ether oxygens (including phenoxy) is 1. The van der Waals surface area contributed by atoms with Gasteiger partial charge in [0, 0.05) is 11.0 Å². The fourth-order valence-electron chi connectivity index (χ4n) is 1.51. The van der Waals surface area contributed by atoms with Crippen molar-refractivity contribution in [1.82, 2.24) is 4.98 Å². The lowest BCUT2D eigenvalue weighted by atomic mass is 10.3. The molecule has 0 bridgehead atoms. The minimum absolute atomic E-state index is 0.0423. The van der Waals surface area contributed by atoms with Crippen LogP contribution < -0.4 is 10.5 Å². The highest BCUT2D eigenvalue weighted by Gasteiger charge is 2.11. The minimum atomic E-state index is -1.02. The Bertz CT molecular complexity index is 593. The van der Waals surface area contributed by atoms with Crippen molar-refractivity contribution in [3.05, 3.63) is 57.8 Å². The van der Waals surface area contributed by atoms with E-state index in [-0.39, 0.29) is 12.4 Å². The van der Waals surface area contributed by atoms with E-state index < -0.39 is 11.6 Å². The highest BCUT2D eigenvalue weighted by Crippen LogP contribution is 2.25. The number of rotatable bonds is 4. The molecule has 0 radical (unpaired) electrons. The number of pyridine rings is 1. The van der Waals surface area contributed by atoms with Crippen LogP contribution in [0.4, 0.5) is 8.78 Å². The van der Waals surface area contributed by atoms with E-state index in [0.29, 0.717) is 22.4 Å². The molecule has 1 aromatic carbocycles. The van der Waals surface area contributed by atoms with Gasteiger partial charge in [0.1, 0.15) is 6.61 Å². The Morgan fingerprint density at radius 1 is 1.21 bits per heavy atom. The Morgan fingerprint density at radius 3 is 2.68 bits per heavy atom. The van der Waals surface area contributed by atoms with Crippen molar-refractivity contribution < 1.29 is 13.5 Å². The molecule has 100 valence electrons. The van der Waals surface area contributed by atoms with E-state index in [2.05, 4.69) is 20.9 Å². The fraction of sp³-hybridized carbons (Fsp3) is 0.154. The quantitative estimate of drug-likeness (QED) is 0.877. The van der Waals surface area contributed by atoms with Crippen LogP contribution in [0.25, 0.3) is 0 Å². The van der Waals surface area contributed by atoms with Gasteiger partial charge in [0.25, 0.3) is 0 Å². The van der Waals surface area contributed by atoms with Gasteiger partial charge in [-0.3, -0.25) is 4.98 Å². The number of hydrogen-bond donors (Lipinski definition) is 1. The highest BCUT2D eigenvalue weighted by molar-refractivity contribution is 9.10. The van der Waals surface area contributed by atoms with E-state index in [1.165, 1.54) is 6.07 Å². The number of benzene rings is 1. The van der Waals surface area contributed by atoms with E-state index in [4.69, 9.17) is 10.5 Å². The maximum absolute atomic E-state index is 13.5. The molecule has 0 aliphatic rings. The second-order valence-electron chi connectivity index (χ2n) is 3.81. The second kappa shape index (κ2) is 6.08. The van der Waals surface area contributed by atoms with Crippen LogP contribution in [0.1, 0.15) is 11.4 Å². The zero-order chi connectivity index (χ0) is 13.8. The van der Waals surface area contributed by atoms with Crippen molar-refractivity contribution in [3.63, 3.8) is 0 Å². The zero-order valence-corrected chi connectivity index (χ0v) is 11.5. The molecule has 6 heteroatoms. The SMILES string of the molecule is NCc1cccc(COc2cc(Br)cc(F)c2F)n1. The first-order valence-electron chi connectivity index (χ1n) is 5.52. The number of aromatic nitrogens is 1. The van der Waals surface area contributed by atoms with Crippen molar-refractivity contribution in [2.45, 2.75) is 13.2 Å². The summed E-state index contributed by atoms with van der Waals surface area (Å²) in [5.41, 5.74) is 6.78. The highest BCUT2D eigenvalue weighted by atomic mass is 79.9. The topological polar surface area (TPSA) is 48.1 Å². The number of nitrogens with two attached hydrogens (primary N) is 1. The van der Waals surface area contributed by atoms with Crippen molar-refractivity contribution in [1.29, 1.82) is 0 Å². The summed E-state index contributed by atoms with van der Waals surface area (Å²) in [5, 5.41) is 0. The van der Waals surface area contributed by atoms with Crippen molar-refractivity contribution >= 4 is 15.9 Å². The maximum Gasteiger partial charge on any atom is 0.200 e. The molecule has 0 saturated carbocycles. The zero-order valence-electron chi connectivity index (χ0n) is 9.87. The Balaban J connectivity index is 2.14. The molecule has 1 heterocycles. The lowest BCUT2D eigenvalue weighted by Gasteiger charge is -2.08. The van der Waals surface area contributed by atoms with Crippen LogP contribution in [0.15, 0.2) is 34.8 Å². The summed E-state index contributed by atoms with van der Waals surface area (Å²) in [7, 11) is 0. The molecule has 0 aliphatic carbocycles. The molecular formula is C13H11BrF2N2O. The van der Waals surface area contributed by atoms with E-state index in [1.807, 2.05) is 0 Å². The molecule has 0 fully saturated rings. The third kappa shape index (κ3) is 3.48. The smallest absolute Gasteiger partial charge is 0.200 e. The molecular weight excluding hydrogens is 318 g/mol. The van der Waals surface area contributed by atoms with Crippen LogP contribution >= 0.6 is 15.9 Å². The van der Waals surface area contributed by atoms with Gasteiger partial charge in [0.05, 0.1) is 11.4 Å². The van der Waals surface area contributed by atoms with E-state index >= 15 is 0 Å². The molecule has 2 aromatic rings. The summed E-state index contributed by atoms with van der Waals surface area (Å²) < 4.78 is 32.3. The van der Waals surface area contributed by atoms with Crippen LogP contribution in [-0.2, 0) is 13.2 Å². The molecule has 0 amide bonds. The average molecular weight is 329 g/mol. The number of nitrogens with zero attached hydrogens (tertiary/aromatic N) is 1. The normalized spacial score (nSPS) is 10.5. The summed E-state index contributed by atoms with van der Waals surface area (Å²) >= 11 is 3.08. The second-order valence-corrected chi connectivity index (χ2v) is 4.73. The molecule has 0 unspecified atom stereocenters. The number of hydrogen-bond acceptors (Lipinski definition) is 3. The average Bonchev–Trinajstić information content (AvgIpc) is 2.41. The van der Waals surface area contributed by atoms with Gasteiger partial charge in [0.2, 0.25) is 5.82 Å². The largest absolute Gasteiger partial charge is 0.484 e. The third-order valence-electron chi connectivity index (χ3n) is 2.41. The first-order valence-corrected chi connectivity index (χ1v) is 6.31. The Kier molecular flexibility index (Phi) is 4.44. The third-order valence-corrected chi connectivity index (χ3v) is 2.87. The molecule has 2 N–H and O–H groups in total. The Labute approximate surface area is 117 Å². The van der Waals surface area contributed by atoms with Crippen LogP contribution in [0.2, 0.25) is 0 Å². The Morgan fingerprint density at radius 2 is 1.95 bits per heavy atom. The fourth-order valence-corrected chi connectivity index (χ4v) is 1.92. The molecule has 0 aliphatic heterocycles. The first-order chi connectivity index (χ1) is 9.10. The maximum atomic E-state index is 13.5. The molecule has 0 saturated heterocycles. The molecule has 0 spiro atoms. The summed E-state index contributed by atoms with van der Waals surface area (Å²) in [6.07, 6.45) is 0. The lowest BCUT2D eigenvalue weighted by molar-refractivity contribution is 0.280. The van der Waals surface area contributed by atoms with Gasteiger partial charge in [-0.1, -0.05) is 22.0 Å². The van der Waals surface area contributed by atoms with Crippen LogP contribution in [0, 0.1) is 11.6 Å². The van der Waals surface area contributed by atoms with Gasteiger partial charge in [-0.15, -0.1) is 0 Å². The molecule has 1 aromatic heterocycles. The molecule has 3 nitrogen and oxygen atoms in total. The minimum Gasteiger partial charge on any atom is -0.484 e. The predicted octanol–water partition coefficient (Wildman–Crippen LogP) is 3.16. The van der Waals surface area contributed by atoms with Gasteiger partial charge in [-0.05, 0) is 24.3 Å². The van der Waals surface area contributed by atoms with Crippen LogP contribution in [0.3, 0.4) is 0 Å². The van der Waals surface area contributed by atoms with E-state index in [0.717, 1.165) is 6.07 Å². The van der Waals surface area contributed by atoms with E-state index in [1.54, 1.807) is 18.2 Å². The molecule has 0 atom stereocenters. The summed E-state index contributed by atoms with van der Waals surface area (Å²) in [6, 6.07) is 7.70. The predicted molar refractivity (Wildman–Crippen MR) is 70.5 cm³/mol. The Hall–Kier alpha value is -1.53. The monoisotopic (exact) mass is 328 g/mol. The van der Waals surface area contributed by atoms with Crippen molar-refractivity contribution in [2.75, 3.05) is 0 Å². The summed E-state index contributed by atoms with van der Waals surface area (Å²) in [4.78, 5) is 4.20. The van der Waals surface area contributed by atoms with Crippen molar-refractivity contribution in [2.24, 2.45) is 5.73 Å². The van der Waals surface area contributed by atoms with E-state index in [9.17, 15) is 8.78 Å². The number of halogens is 3. The first kappa shape index (κ1) is 13.9. The van der Waals surface area contributed by atoms with Gasteiger partial charge in [0.15, 0.2) is 11.6 Å². The summed E-state index contributed by atoms with van der Waals surface area (Å²) in [6.45, 7) is 0.356. The van der Waals surface area contributed by atoms with Crippen LogP contribution in [0.5, 0.6) is 5.75 Å². The van der Waals surface area contributed by atoms with Gasteiger partial charge in [-0.2, -0.15) is 4.39 Å².